The van der Waals surface area contributed by atoms with Gasteiger partial charge in [0.25, 0.3) is 11.2 Å². The van der Waals surface area contributed by atoms with E-state index in [2.05, 4.69) is 0 Å². The van der Waals surface area contributed by atoms with Crippen LogP contribution in [0.3, 0.4) is 0 Å². The molecule has 0 aliphatic carbocycles. The summed E-state index contributed by atoms with van der Waals surface area (Å²) in [7, 11) is 0. The number of nitro benzene ring substituents is 1. The minimum Gasteiger partial charge on any atom is -0.394 e. The Labute approximate surface area is 115 Å². The fraction of sp³-hybridized carbons (Fsp3) is 0.214. The van der Waals surface area contributed by atoms with E-state index in [0.717, 1.165) is 12.0 Å². The Morgan fingerprint density at radius 2 is 1.85 bits per heavy atom. The first-order valence-electron chi connectivity index (χ1n) is 6.28. The quantitative estimate of drug-likeness (QED) is 0.684. The Hall–Kier alpha value is -2.63. The number of anilines is 1. The normalized spacial score (nSPS) is 10.4. The first kappa shape index (κ1) is 13.8. The summed E-state index contributed by atoms with van der Waals surface area (Å²) in [5.74, 6) is 0. The second-order valence-corrected chi connectivity index (χ2v) is 4.43. The zero-order chi connectivity index (χ0) is 14.7. The molecule has 0 aliphatic heterocycles. The Morgan fingerprint density at radius 3 is 2.40 bits per heavy atom. The number of nitrogens with two attached hydrogens (primary N) is 1. The van der Waals surface area contributed by atoms with Crippen molar-refractivity contribution in [3.8, 4) is 11.3 Å². The van der Waals surface area contributed by atoms with Crippen LogP contribution in [0.1, 0.15) is 13.3 Å². The fourth-order valence-corrected chi connectivity index (χ4v) is 2.05. The van der Waals surface area contributed by atoms with Crippen LogP contribution in [0.5, 0.6) is 0 Å². The predicted molar refractivity (Wildman–Crippen MR) is 77.5 cm³/mol. The molecule has 1 heterocycles. The number of pyridine rings is 1. The molecule has 0 atom stereocenters. The highest BCUT2D eigenvalue weighted by atomic mass is 16.6. The van der Waals surface area contributed by atoms with Crippen molar-refractivity contribution in [1.29, 1.82) is 0 Å². The summed E-state index contributed by atoms with van der Waals surface area (Å²) in [5.41, 5.74) is 7.09. The van der Waals surface area contributed by atoms with Crippen LogP contribution in [0.2, 0.25) is 0 Å². The Morgan fingerprint density at radius 1 is 1.20 bits per heavy atom. The molecule has 20 heavy (non-hydrogen) atoms. The highest BCUT2D eigenvalue weighted by Gasteiger charge is 2.10. The van der Waals surface area contributed by atoms with E-state index in [4.69, 9.17) is 5.73 Å². The molecule has 6 heteroatoms. The van der Waals surface area contributed by atoms with Gasteiger partial charge in [-0.1, -0.05) is 6.92 Å². The number of aromatic nitrogens is 1. The van der Waals surface area contributed by atoms with Crippen LogP contribution < -0.4 is 11.3 Å². The van der Waals surface area contributed by atoms with E-state index in [9.17, 15) is 14.9 Å². The lowest BCUT2D eigenvalue weighted by atomic mass is 10.1. The third-order valence-corrected chi connectivity index (χ3v) is 3.02. The maximum Gasteiger partial charge on any atom is 0.274 e. The van der Waals surface area contributed by atoms with Crippen molar-refractivity contribution >= 4 is 11.4 Å². The number of hydrogen-bond acceptors (Lipinski definition) is 4. The van der Waals surface area contributed by atoms with Crippen LogP contribution in [-0.2, 0) is 6.54 Å². The number of nitrogen functional groups attached to an aromatic ring is 1. The molecule has 1 aromatic heterocycles. The fourth-order valence-electron chi connectivity index (χ4n) is 2.05. The number of hydrogen-bond donors (Lipinski definition) is 1. The highest BCUT2D eigenvalue weighted by molar-refractivity contribution is 5.63. The van der Waals surface area contributed by atoms with Crippen molar-refractivity contribution in [3.63, 3.8) is 0 Å². The van der Waals surface area contributed by atoms with Crippen molar-refractivity contribution in [2.24, 2.45) is 0 Å². The molecule has 0 radical (unpaired) electrons. The molecule has 0 unspecified atom stereocenters. The third-order valence-electron chi connectivity index (χ3n) is 3.02. The summed E-state index contributed by atoms with van der Waals surface area (Å²) in [6.45, 7) is 2.52. The van der Waals surface area contributed by atoms with Gasteiger partial charge < -0.3 is 10.3 Å². The minimum absolute atomic E-state index is 0.0218. The Balaban J connectivity index is 2.54. The molecule has 0 amide bonds. The molecule has 0 spiro atoms. The summed E-state index contributed by atoms with van der Waals surface area (Å²) in [4.78, 5) is 22.3. The second kappa shape index (κ2) is 5.56. The molecule has 1 aromatic carbocycles. The van der Waals surface area contributed by atoms with Gasteiger partial charge in [0.2, 0.25) is 0 Å². The zero-order valence-corrected chi connectivity index (χ0v) is 11.1. The van der Waals surface area contributed by atoms with Crippen LogP contribution >= 0.6 is 0 Å². The number of nitro groups is 1. The molecule has 104 valence electrons. The minimum atomic E-state index is -0.452. The lowest BCUT2D eigenvalue weighted by Crippen LogP contribution is -2.24. The molecule has 0 saturated carbocycles. The smallest absolute Gasteiger partial charge is 0.274 e. The molecule has 0 aliphatic rings. The van der Waals surface area contributed by atoms with E-state index < -0.39 is 4.92 Å². The van der Waals surface area contributed by atoms with Crippen molar-refractivity contribution in [3.05, 3.63) is 56.9 Å². The van der Waals surface area contributed by atoms with Crippen LogP contribution in [0.4, 0.5) is 11.4 Å². The van der Waals surface area contributed by atoms with E-state index in [-0.39, 0.29) is 16.9 Å². The molecule has 2 rings (SSSR count). The maximum atomic E-state index is 12.1. The monoisotopic (exact) mass is 273 g/mol. The van der Waals surface area contributed by atoms with Crippen molar-refractivity contribution < 1.29 is 4.92 Å². The predicted octanol–water partition coefficient (Wildman–Crippen LogP) is 2.42. The van der Waals surface area contributed by atoms with Crippen molar-refractivity contribution in [2.45, 2.75) is 19.9 Å². The number of rotatable bonds is 4. The summed E-state index contributed by atoms with van der Waals surface area (Å²) in [6.07, 6.45) is 0.795. The van der Waals surface area contributed by atoms with E-state index in [1.807, 2.05) is 6.92 Å². The van der Waals surface area contributed by atoms with Crippen LogP contribution in [-0.4, -0.2) is 9.49 Å². The Kier molecular flexibility index (Phi) is 3.84. The summed E-state index contributed by atoms with van der Waals surface area (Å²) in [6, 6.07) is 9.43. The van der Waals surface area contributed by atoms with Gasteiger partial charge in [0.15, 0.2) is 0 Å². The summed E-state index contributed by atoms with van der Waals surface area (Å²) in [5, 5.41) is 10.7. The van der Waals surface area contributed by atoms with Crippen LogP contribution in [0.15, 0.2) is 41.2 Å². The van der Waals surface area contributed by atoms with Gasteiger partial charge in [-0.2, -0.15) is 0 Å². The van der Waals surface area contributed by atoms with Gasteiger partial charge in [-0.25, -0.2) is 0 Å². The van der Waals surface area contributed by atoms with Gasteiger partial charge in [0.05, 0.1) is 16.3 Å². The van der Waals surface area contributed by atoms with Crippen LogP contribution in [0, 0.1) is 10.1 Å². The lowest BCUT2D eigenvalue weighted by molar-refractivity contribution is -0.384. The van der Waals surface area contributed by atoms with Crippen molar-refractivity contribution in [1.82, 2.24) is 4.57 Å². The third kappa shape index (κ3) is 2.54. The topological polar surface area (TPSA) is 91.2 Å². The van der Waals surface area contributed by atoms with Crippen LogP contribution in [0.25, 0.3) is 11.3 Å². The van der Waals surface area contributed by atoms with Gasteiger partial charge in [-0.05, 0) is 36.2 Å². The maximum absolute atomic E-state index is 12.1. The lowest BCUT2D eigenvalue weighted by Gasteiger charge is -2.12. The average molecular weight is 273 g/mol. The molecule has 2 aromatic rings. The molecule has 2 N–H and O–H groups in total. The van der Waals surface area contributed by atoms with E-state index >= 15 is 0 Å². The first-order chi connectivity index (χ1) is 9.54. The average Bonchev–Trinajstić information content (AvgIpc) is 2.44. The number of benzene rings is 1. The zero-order valence-electron chi connectivity index (χ0n) is 11.1. The van der Waals surface area contributed by atoms with Gasteiger partial charge in [-0.3, -0.25) is 14.9 Å². The van der Waals surface area contributed by atoms with Gasteiger partial charge in [0.1, 0.15) is 0 Å². The molecule has 0 bridgehead atoms. The number of nitrogens with zero attached hydrogens (tertiary/aromatic N) is 2. The molecule has 0 fully saturated rings. The Bertz CT molecular complexity index is 690. The summed E-state index contributed by atoms with van der Waals surface area (Å²) >= 11 is 0. The van der Waals surface area contributed by atoms with E-state index in [1.165, 1.54) is 12.1 Å². The molecule has 0 saturated heterocycles. The first-order valence-corrected chi connectivity index (χ1v) is 6.28. The number of non-ortho nitro benzene ring substituents is 1. The standard InChI is InChI=1S/C14H15N3O3/c1-2-9-16-13(8-7-12(15)14(16)18)10-3-5-11(6-4-10)17(19)20/h3-8H,2,9,15H2,1H3. The van der Waals surface area contributed by atoms with Gasteiger partial charge in [-0.15, -0.1) is 0 Å². The highest BCUT2D eigenvalue weighted by Crippen LogP contribution is 2.22. The molecule has 6 nitrogen and oxygen atoms in total. The summed E-state index contributed by atoms with van der Waals surface area (Å²) < 4.78 is 1.59. The van der Waals surface area contributed by atoms with Gasteiger partial charge in [0, 0.05) is 18.7 Å². The van der Waals surface area contributed by atoms with Gasteiger partial charge >= 0.3 is 0 Å². The van der Waals surface area contributed by atoms with E-state index in [1.54, 1.807) is 28.8 Å². The molecular weight excluding hydrogens is 258 g/mol. The second-order valence-electron chi connectivity index (χ2n) is 4.43. The largest absolute Gasteiger partial charge is 0.394 e. The van der Waals surface area contributed by atoms with Crippen molar-refractivity contribution in [2.75, 3.05) is 5.73 Å². The SMILES string of the molecule is CCCn1c(-c2ccc([N+](=O)[O-])cc2)ccc(N)c1=O. The van der Waals surface area contributed by atoms with E-state index in [0.29, 0.717) is 12.2 Å². The molecular formula is C14H15N3O3.